The van der Waals surface area contributed by atoms with E-state index < -0.39 is 5.25 Å². The summed E-state index contributed by atoms with van der Waals surface area (Å²) >= 11 is 1.30. The Morgan fingerprint density at radius 3 is 2.41 bits per heavy atom. The van der Waals surface area contributed by atoms with E-state index in [2.05, 4.69) is 5.32 Å². The molecule has 6 nitrogen and oxygen atoms in total. The van der Waals surface area contributed by atoms with Crippen LogP contribution in [0.1, 0.15) is 36.8 Å². The monoisotopic (exact) mass is 451 g/mol. The minimum absolute atomic E-state index is 0.105. The van der Waals surface area contributed by atoms with Crippen LogP contribution in [0.2, 0.25) is 0 Å². The Labute approximate surface area is 193 Å². The highest BCUT2D eigenvalue weighted by molar-refractivity contribution is 8.01. The van der Waals surface area contributed by atoms with E-state index >= 15 is 0 Å². The van der Waals surface area contributed by atoms with Gasteiger partial charge in [0.2, 0.25) is 11.8 Å². The van der Waals surface area contributed by atoms with Crippen LogP contribution in [0, 0.1) is 6.92 Å². The zero-order valence-electron chi connectivity index (χ0n) is 18.4. The molecule has 32 heavy (non-hydrogen) atoms. The fourth-order valence-electron chi connectivity index (χ4n) is 4.10. The van der Waals surface area contributed by atoms with Gasteiger partial charge in [-0.05, 0) is 37.5 Å². The largest absolute Gasteiger partial charge is 0.350 e. The van der Waals surface area contributed by atoms with E-state index in [9.17, 15) is 14.4 Å². The molecule has 2 aliphatic heterocycles. The number of fused-ring (bicyclic) bond motifs is 1. The smallest absolute Gasteiger partial charge is 0.250 e. The molecule has 0 bridgehead atoms. The second kappa shape index (κ2) is 10.2. The van der Waals surface area contributed by atoms with Gasteiger partial charge in [-0.3, -0.25) is 14.4 Å². The average Bonchev–Trinajstić information content (AvgIpc) is 3.09. The molecule has 1 fully saturated rings. The van der Waals surface area contributed by atoms with Gasteiger partial charge in [-0.15, -0.1) is 11.8 Å². The van der Waals surface area contributed by atoms with Crippen LogP contribution in [0.5, 0.6) is 0 Å². The molecule has 1 N–H and O–H groups in total. The number of likely N-dealkylation sites (tertiary alicyclic amines) is 1. The Morgan fingerprint density at radius 1 is 1.00 bits per heavy atom. The number of aryl methyl sites for hydroxylation is 1. The Morgan fingerprint density at radius 2 is 1.69 bits per heavy atom. The highest BCUT2D eigenvalue weighted by Gasteiger charge is 2.40. The summed E-state index contributed by atoms with van der Waals surface area (Å²) in [7, 11) is 0. The summed E-state index contributed by atoms with van der Waals surface area (Å²) in [5.41, 5.74) is 2.85. The molecule has 4 rings (SSSR count). The number of para-hydroxylation sites is 1. The van der Waals surface area contributed by atoms with Gasteiger partial charge in [0.25, 0.3) is 5.91 Å². The summed E-state index contributed by atoms with van der Waals surface area (Å²) in [5, 5.41) is 2.06. The third-order valence-electron chi connectivity index (χ3n) is 5.95. The predicted molar refractivity (Wildman–Crippen MR) is 127 cm³/mol. The van der Waals surface area contributed by atoms with Crippen LogP contribution < -0.4 is 10.2 Å². The van der Waals surface area contributed by atoms with Crippen molar-refractivity contribution in [2.45, 2.75) is 49.3 Å². The second-order valence-electron chi connectivity index (χ2n) is 8.39. The molecule has 1 atom stereocenters. The molecule has 0 saturated carbocycles. The third-order valence-corrected chi connectivity index (χ3v) is 7.18. The number of carbonyl (C=O) groups excluding carboxylic acids is 3. The molecule has 3 amide bonds. The number of hydrogen-bond donors (Lipinski definition) is 1. The van der Waals surface area contributed by atoms with Crippen molar-refractivity contribution in [3.05, 3.63) is 59.7 Å². The number of thioether (sulfide) groups is 1. The first kappa shape index (κ1) is 22.4. The maximum absolute atomic E-state index is 13.4. The summed E-state index contributed by atoms with van der Waals surface area (Å²) in [6, 6.07) is 15.4. The molecule has 2 aromatic rings. The number of nitrogens with one attached hydrogen (secondary N) is 1. The van der Waals surface area contributed by atoms with Crippen LogP contribution in [0.15, 0.2) is 53.4 Å². The SMILES string of the molecule is Cc1ccc(CNC(=O)CN2C(=O)C(C(=O)N3CCCCCC3)Sc3ccccc32)cc1. The fourth-order valence-corrected chi connectivity index (χ4v) is 5.29. The van der Waals surface area contributed by atoms with Crippen LogP contribution >= 0.6 is 11.8 Å². The van der Waals surface area contributed by atoms with E-state index in [1.807, 2.05) is 60.4 Å². The molecular weight excluding hydrogens is 422 g/mol. The lowest BCUT2D eigenvalue weighted by Crippen LogP contribution is -2.52. The highest BCUT2D eigenvalue weighted by atomic mass is 32.2. The molecule has 1 unspecified atom stereocenters. The lowest BCUT2D eigenvalue weighted by Gasteiger charge is -2.34. The van der Waals surface area contributed by atoms with Gasteiger partial charge in [-0.2, -0.15) is 0 Å². The molecule has 0 aromatic heterocycles. The third kappa shape index (κ3) is 5.15. The molecule has 168 valence electrons. The minimum Gasteiger partial charge on any atom is -0.350 e. The van der Waals surface area contributed by atoms with Gasteiger partial charge in [-0.25, -0.2) is 0 Å². The van der Waals surface area contributed by atoms with Crippen LogP contribution in [-0.4, -0.2) is 47.5 Å². The van der Waals surface area contributed by atoms with Crippen LogP contribution in [-0.2, 0) is 20.9 Å². The fraction of sp³-hybridized carbons (Fsp3) is 0.400. The highest BCUT2D eigenvalue weighted by Crippen LogP contribution is 2.39. The van der Waals surface area contributed by atoms with Gasteiger partial charge in [0.05, 0.1) is 5.69 Å². The number of anilines is 1. The van der Waals surface area contributed by atoms with Crippen LogP contribution in [0.25, 0.3) is 0 Å². The van der Waals surface area contributed by atoms with Gasteiger partial charge in [0.15, 0.2) is 5.25 Å². The topological polar surface area (TPSA) is 69.7 Å². The first-order valence-electron chi connectivity index (χ1n) is 11.2. The minimum atomic E-state index is -0.840. The summed E-state index contributed by atoms with van der Waals surface area (Å²) in [5.74, 6) is -0.698. The van der Waals surface area contributed by atoms with Crippen molar-refractivity contribution in [1.29, 1.82) is 0 Å². The van der Waals surface area contributed by atoms with E-state index in [1.165, 1.54) is 16.7 Å². The molecule has 0 spiro atoms. The van der Waals surface area contributed by atoms with Gasteiger partial charge >= 0.3 is 0 Å². The van der Waals surface area contributed by atoms with E-state index in [4.69, 9.17) is 0 Å². The van der Waals surface area contributed by atoms with Crippen LogP contribution in [0.4, 0.5) is 5.69 Å². The first-order chi connectivity index (χ1) is 15.5. The van der Waals surface area contributed by atoms with Gasteiger partial charge in [0, 0.05) is 24.5 Å². The van der Waals surface area contributed by atoms with E-state index in [-0.39, 0.29) is 24.3 Å². The number of nitrogens with zero attached hydrogens (tertiary/aromatic N) is 2. The summed E-state index contributed by atoms with van der Waals surface area (Å²) in [6.45, 7) is 3.70. The van der Waals surface area contributed by atoms with Crippen molar-refractivity contribution < 1.29 is 14.4 Å². The molecule has 2 aromatic carbocycles. The normalized spacial score (nSPS) is 18.7. The molecule has 0 radical (unpaired) electrons. The summed E-state index contributed by atoms with van der Waals surface area (Å²) in [4.78, 5) is 43.5. The quantitative estimate of drug-likeness (QED) is 0.707. The Balaban J connectivity index is 1.48. The number of hydrogen-bond acceptors (Lipinski definition) is 4. The molecule has 2 heterocycles. The lowest BCUT2D eigenvalue weighted by atomic mass is 10.1. The standard InChI is InChI=1S/C25H29N3O3S/c1-18-10-12-19(13-11-18)16-26-22(29)17-28-20-8-4-5-9-21(20)32-23(25(28)31)24(30)27-14-6-2-3-7-15-27/h4-5,8-13,23H,2-3,6-7,14-17H2,1H3,(H,26,29). The van der Waals surface area contributed by atoms with Crippen molar-refractivity contribution in [3.8, 4) is 0 Å². The van der Waals surface area contributed by atoms with Crippen molar-refractivity contribution in [1.82, 2.24) is 10.2 Å². The number of benzene rings is 2. The van der Waals surface area contributed by atoms with Gasteiger partial charge < -0.3 is 15.1 Å². The van der Waals surface area contributed by atoms with Crippen molar-refractivity contribution in [2.24, 2.45) is 0 Å². The zero-order chi connectivity index (χ0) is 22.5. The molecule has 7 heteroatoms. The number of rotatable bonds is 5. The molecule has 0 aliphatic carbocycles. The molecule has 1 saturated heterocycles. The molecule has 2 aliphatic rings. The maximum Gasteiger partial charge on any atom is 0.250 e. The first-order valence-corrected chi connectivity index (χ1v) is 12.1. The van der Waals surface area contributed by atoms with Crippen molar-refractivity contribution in [3.63, 3.8) is 0 Å². The van der Waals surface area contributed by atoms with Crippen molar-refractivity contribution in [2.75, 3.05) is 24.5 Å². The van der Waals surface area contributed by atoms with Crippen LogP contribution in [0.3, 0.4) is 0 Å². The maximum atomic E-state index is 13.4. The Hall–Kier alpha value is -2.80. The van der Waals surface area contributed by atoms with Gasteiger partial charge in [0.1, 0.15) is 6.54 Å². The van der Waals surface area contributed by atoms with Gasteiger partial charge in [-0.1, -0.05) is 54.8 Å². The predicted octanol–water partition coefficient (Wildman–Crippen LogP) is 3.52. The summed E-state index contributed by atoms with van der Waals surface area (Å²) in [6.07, 6.45) is 4.18. The number of carbonyl (C=O) groups is 3. The second-order valence-corrected chi connectivity index (χ2v) is 9.54. The summed E-state index contributed by atoms with van der Waals surface area (Å²) < 4.78 is 0. The lowest BCUT2D eigenvalue weighted by molar-refractivity contribution is -0.135. The molecular formula is C25H29N3O3S. The van der Waals surface area contributed by atoms with E-state index in [0.29, 0.717) is 25.3 Å². The van der Waals surface area contributed by atoms with Crippen molar-refractivity contribution >= 4 is 35.2 Å². The number of amides is 3. The average molecular weight is 452 g/mol. The Kier molecular flexibility index (Phi) is 7.15. The Bertz CT molecular complexity index is 984. The van der Waals surface area contributed by atoms with E-state index in [1.54, 1.807) is 0 Å². The van der Waals surface area contributed by atoms with E-state index in [0.717, 1.165) is 41.7 Å². The zero-order valence-corrected chi connectivity index (χ0v) is 19.2.